The predicted molar refractivity (Wildman–Crippen MR) is 68.9 cm³/mol. The van der Waals surface area contributed by atoms with Crippen LogP contribution in [0.4, 0.5) is 0 Å². The molecule has 0 aliphatic heterocycles. The van der Waals surface area contributed by atoms with Crippen LogP contribution in [-0.2, 0) is 20.0 Å². The largest absolute Gasteiger partial charge is 0.294 e. The average molecular weight is 267 g/mol. The lowest BCUT2D eigenvalue weighted by atomic mass is 10.1. The van der Waals surface area contributed by atoms with E-state index in [0.29, 0.717) is 17.1 Å². The lowest BCUT2D eigenvalue weighted by Crippen LogP contribution is -2.09. The highest BCUT2D eigenvalue weighted by atomic mass is 35.5. The van der Waals surface area contributed by atoms with E-state index in [1.807, 2.05) is 13.8 Å². The van der Waals surface area contributed by atoms with E-state index >= 15 is 0 Å². The topological polar surface area (TPSA) is 52.7 Å². The summed E-state index contributed by atoms with van der Waals surface area (Å²) in [5, 5.41) is 8.86. The number of nitrogens with zero attached hydrogens (tertiary/aromatic N) is 4. The van der Waals surface area contributed by atoms with E-state index in [1.54, 1.807) is 28.8 Å². The molecule has 0 aromatic carbocycles. The third kappa shape index (κ3) is 2.31. The molecule has 0 saturated carbocycles. The standard InChI is InChI=1S/C12H15ClN4O/c1-4-17-10(12(13)8(2)15-17)5-11(18)9-6-14-16(3)7-9/h6-7H,4-5H2,1-3H3. The molecule has 6 heteroatoms. The summed E-state index contributed by atoms with van der Waals surface area (Å²) in [7, 11) is 1.78. The minimum absolute atomic E-state index is 0.000370. The molecule has 2 heterocycles. The van der Waals surface area contributed by atoms with Gasteiger partial charge in [0.1, 0.15) is 0 Å². The maximum absolute atomic E-state index is 12.1. The van der Waals surface area contributed by atoms with Crippen LogP contribution in [0.15, 0.2) is 12.4 Å². The van der Waals surface area contributed by atoms with Crippen LogP contribution in [-0.4, -0.2) is 25.3 Å². The number of Topliss-reactive ketones (excluding diaryl/α,β-unsaturated/α-hetero) is 1. The van der Waals surface area contributed by atoms with Crippen molar-refractivity contribution in [3.8, 4) is 0 Å². The Morgan fingerprint density at radius 3 is 2.78 bits per heavy atom. The number of halogens is 1. The fraction of sp³-hybridized carbons (Fsp3) is 0.417. The van der Waals surface area contributed by atoms with Gasteiger partial charge in [-0.25, -0.2) is 0 Å². The van der Waals surface area contributed by atoms with Crippen molar-refractivity contribution in [1.29, 1.82) is 0 Å². The highest BCUT2D eigenvalue weighted by molar-refractivity contribution is 6.32. The van der Waals surface area contributed by atoms with E-state index < -0.39 is 0 Å². The molecule has 0 aliphatic carbocycles. The molecular weight excluding hydrogens is 252 g/mol. The average Bonchev–Trinajstić information content (AvgIpc) is 2.88. The number of carbonyl (C=O) groups excluding carboxylic acids is 1. The van der Waals surface area contributed by atoms with Crippen molar-refractivity contribution in [2.75, 3.05) is 0 Å². The first-order chi connectivity index (χ1) is 8.52. The summed E-state index contributed by atoms with van der Waals surface area (Å²) in [6.07, 6.45) is 3.52. The lowest BCUT2D eigenvalue weighted by Gasteiger charge is -2.03. The smallest absolute Gasteiger partial charge is 0.172 e. The van der Waals surface area contributed by atoms with Gasteiger partial charge < -0.3 is 0 Å². The van der Waals surface area contributed by atoms with Crippen LogP contribution in [0.5, 0.6) is 0 Å². The van der Waals surface area contributed by atoms with Crippen LogP contribution in [0.25, 0.3) is 0 Å². The molecule has 0 radical (unpaired) electrons. The summed E-state index contributed by atoms with van der Waals surface area (Å²) in [6, 6.07) is 0. The Labute approximate surface area is 110 Å². The van der Waals surface area contributed by atoms with Gasteiger partial charge in [0, 0.05) is 19.8 Å². The summed E-state index contributed by atoms with van der Waals surface area (Å²) >= 11 is 6.17. The van der Waals surface area contributed by atoms with Crippen molar-refractivity contribution < 1.29 is 4.79 Å². The van der Waals surface area contributed by atoms with Crippen molar-refractivity contribution in [3.05, 3.63) is 34.4 Å². The normalized spacial score (nSPS) is 10.9. The number of hydrogen-bond acceptors (Lipinski definition) is 3. The van der Waals surface area contributed by atoms with Crippen LogP contribution in [0.2, 0.25) is 5.02 Å². The van der Waals surface area contributed by atoms with Crippen LogP contribution in [0.3, 0.4) is 0 Å². The van der Waals surface area contributed by atoms with Gasteiger partial charge in [-0.1, -0.05) is 11.6 Å². The molecule has 2 aromatic rings. The Morgan fingerprint density at radius 1 is 1.50 bits per heavy atom. The Balaban J connectivity index is 2.26. The zero-order valence-corrected chi connectivity index (χ0v) is 11.4. The molecule has 2 aromatic heterocycles. The highest BCUT2D eigenvalue weighted by Gasteiger charge is 2.17. The first kappa shape index (κ1) is 12.8. The minimum atomic E-state index is -0.000370. The number of aryl methyl sites for hydroxylation is 3. The van der Waals surface area contributed by atoms with Crippen LogP contribution >= 0.6 is 11.6 Å². The van der Waals surface area contributed by atoms with Crippen LogP contribution < -0.4 is 0 Å². The molecular formula is C12H15ClN4O. The first-order valence-corrected chi connectivity index (χ1v) is 6.14. The fourth-order valence-corrected chi connectivity index (χ4v) is 2.06. The van der Waals surface area contributed by atoms with Gasteiger partial charge in [0.2, 0.25) is 0 Å². The van der Waals surface area contributed by atoms with Crippen molar-refractivity contribution in [2.45, 2.75) is 26.8 Å². The van der Waals surface area contributed by atoms with Gasteiger partial charge in [0.15, 0.2) is 5.78 Å². The summed E-state index contributed by atoms with van der Waals surface area (Å²) in [5.41, 5.74) is 2.12. The van der Waals surface area contributed by atoms with Crippen molar-refractivity contribution in [2.24, 2.45) is 7.05 Å². The summed E-state index contributed by atoms with van der Waals surface area (Å²) < 4.78 is 3.38. The molecule has 0 bridgehead atoms. The van der Waals surface area contributed by atoms with E-state index in [4.69, 9.17) is 11.6 Å². The van der Waals surface area contributed by atoms with E-state index in [9.17, 15) is 4.79 Å². The molecule has 0 amide bonds. The van der Waals surface area contributed by atoms with Crippen molar-refractivity contribution in [1.82, 2.24) is 19.6 Å². The molecule has 0 spiro atoms. The van der Waals surface area contributed by atoms with E-state index in [2.05, 4.69) is 10.2 Å². The lowest BCUT2D eigenvalue weighted by molar-refractivity contribution is 0.0990. The Morgan fingerprint density at radius 2 is 2.22 bits per heavy atom. The number of hydrogen-bond donors (Lipinski definition) is 0. The maximum atomic E-state index is 12.1. The number of aromatic nitrogens is 4. The quantitative estimate of drug-likeness (QED) is 0.796. The minimum Gasteiger partial charge on any atom is -0.294 e. The van der Waals surface area contributed by atoms with Crippen molar-refractivity contribution in [3.63, 3.8) is 0 Å². The molecule has 2 rings (SSSR count). The second-order valence-electron chi connectivity index (χ2n) is 4.16. The SMILES string of the molecule is CCn1nc(C)c(Cl)c1CC(=O)c1cnn(C)c1. The number of rotatable bonds is 4. The van der Waals surface area contributed by atoms with E-state index in [0.717, 1.165) is 11.4 Å². The Bertz CT molecular complexity index is 585. The van der Waals surface area contributed by atoms with Crippen molar-refractivity contribution >= 4 is 17.4 Å². The second-order valence-corrected chi connectivity index (χ2v) is 4.54. The summed E-state index contributed by atoms with van der Waals surface area (Å²) in [6.45, 7) is 4.51. The fourth-order valence-electron chi connectivity index (χ4n) is 1.86. The number of carbonyl (C=O) groups is 1. The van der Waals surface area contributed by atoms with Crippen LogP contribution in [0.1, 0.15) is 28.7 Å². The monoisotopic (exact) mass is 266 g/mol. The molecule has 5 nitrogen and oxygen atoms in total. The van der Waals surface area contributed by atoms with Gasteiger partial charge in [-0.2, -0.15) is 10.2 Å². The van der Waals surface area contributed by atoms with Gasteiger partial charge in [-0.3, -0.25) is 14.2 Å². The van der Waals surface area contributed by atoms with Gasteiger partial charge in [0.25, 0.3) is 0 Å². The molecule has 0 aliphatic rings. The van der Waals surface area contributed by atoms with Gasteiger partial charge >= 0.3 is 0 Å². The third-order valence-corrected chi connectivity index (χ3v) is 3.30. The van der Waals surface area contributed by atoms with Gasteiger partial charge in [-0.05, 0) is 13.8 Å². The summed E-state index contributed by atoms with van der Waals surface area (Å²) in [5.74, 6) is -0.000370. The Kier molecular flexibility index (Phi) is 3.52. The third-order valence-electron chi connectivity index (χ3n) is 2.81. The molecule has 0 fully saturated rings. The first-order valence-electron chi connectivity index (χ1n) is 5.76. The predicted octanol–water partition coefficient (Wildman–Crippen LogP) is 2.02. The van der Waals surface area contributed by atoms with Crippen LogP contribution in [0, 0.1) is 6.92 Å². The van der Waals surface area contributed by atoms with Gasteiger partial charge in [0.05, 0.1) is 34.6 Å². The zero-order valence-electron chi connectivity index (χ0n) is 10.6. The van der Waals surface area contributed by atoms with E-state index in [1.165, 1.54) is 0 Å². The maximum Gasteiger partial charge on any atom is 0.172 e. The molecule has 18 heavy (non-hydrogen) atoms. The highest BCUT2D eigenvalue weighted by Crippen LogP contribution is 2.21. The Hall–Kier alpha value is -1.62. The second kappa shape index (κ2) is 4.94. The zero-order chi connectivity index (χ0) is 13.3. The van der Waals surface area contributed by atoms with E-state index in [-0.39, 0.29) is 12.2 Å². The summed E-state index contributed by atoms with van der Waals surface area (Å²) in [4.78, 5) is 12.1. The molecule has 96 valence electrons. The molecule has 0 saturated heterocycles. The molecule has 0 unspecified atom stereocenters. The molecule has 0 N–H and O–H groups in total. The van der Waals surface area contributed by atoms with Gasteiger partial charge in [-0.15, -0.1) is 0 Å². The molecule has 0 atom stereocenters. The number of ketones is 1.